The first-order valence-electron chi connectivity index (χ1n) is 10.3. The highest BCUT2D eigenvalue weighted by atomic mass is 35.5. The molecule has 2 aromatic heterocycles. The van der Waals surface area contributed by atoms with E-state index in [-0.39, 0.29) is 6.03 Å². The number of anilines is 2. The maximum atomic E-state index is 12.3. The molecule has 2 N–H and O–H groups in total. The van der Waals surface area contributed by atoms with E-state index in [0.717, 1.165) is 17.0 Å². The first-order chi connectivity index (χ1) is 15.8. The van der Waals surface area contributed by atoms with Gasteiger partial charge in [0.15, 0.2) is 0 Å². The summed E-state index contributed by atoms with van der Waals surface area (Å²) in [6, 6.07) is 13.7. The summed E-state index contributed by atoms with van der Waals surface area (Å²) in [5, 5.41) is 6.13. The summed E-state index contributed by atoms with van der Waals surface area (Å²) < 4.78 is 7.81. The third kappa shape index (κ3) is 5.30. The topological polar surface area (TPSA) is 94.0 Å². The number of hydrogen-bond donors (Lipinski definition) is 2. The Bertz CT molecular complexity index is 1320. The number of carbonyl (C=O) groups excluding carboxylic acids is 1. The van der Waals surface area contributed by atoms with Crippen molar-refractivity contribution in [2.45, 2.75) is 27.7 Å². The zero-order valence-electron chi connectivity index (χ0n) is 18.7. The van der Waals surface area contributed by atoms with Crippen LogP contribution in [0.1, 0.15) is 22.8 Å². The van der Waals surface area contributed by atoms with Crippen molar-refractivity contribution in [3.63, 3.8) is 0 Å². The average molecular weight is 463 g/mol. The number of nitrogens with one attached hydrogen (secondary N) is 2. The van der Waals surface area contributed by atoms with Crippen molar-refractivity contribution < 1.29 is 9.53 Å². The Morgan fingerprint density at radius 1 is 0.939 bits per heavy atom. The highest BCUT2D eigenvalue weighted by molar-refractivity contribution is 6.31. The highest BCUT2D eigenvalue weighted by Crippen LogP contribution is 2.24. The molecule has 0 spiro atoms. The number of hydrogen-bond acceptors (Lipinski definition) is 5. The predicted molar refractivity (Wildman–Crippen MR) is 129 cm³/mol. The van der Waals surface area contributed by atoms with E-state index in [4.69, 9.17) is 16.3 Å². The van der Waals surface area contributed by atoms with Crippen molar-refractivity contribution in [3.8, 4) is 17.4 Å². The van der Waals surface area contributed by atoms with Gasteiger partial charge in [-0.05, 0) is 69.7 Å². The third-order valence-electron chi connectivity index (χ3n) is 5.06. The van der Waals surface area contributed by atoms with Crippen LogP contribution in [0.25, 0.3) is 5.82 Å². The van der Waals surface area contributed by atoms with E-state index in [1.54, 1.807) is 48.8 Å². The van der Waals surface area contributed by atoms with E-state index in [9.17, 15) is 4.79 Å². The van der Waals surface area contributed by atoms with Crippen LogP contribution in [-0.4, -0.2) is 25.6 Å². The number of aromatic nitrogens is 4. The van der Waals surface area contributed by atoms with Crippen LogP contribution in [0, 0.1) is 27.7 Å². The van der Waals surface area contributed by atoms with Gasteiger partial charge in [-0.1, -0.05) is 17.7 Å². The van der Waals surface area contributed by atoms with Gasteiger partial charge in [0.1, 0.15) is 23.7 Å². The number of ether oxygens (including phenoxy) is 1. The van der Waals surface area contributed by atoms with Crippen molar-refractivity contribution in [2.24, 2.45) is 0 Å². The summed E-state index contributed by atoms with van der Waals surface area (Å²) in [6.45, 7) is 7.64. The van der Waals surface area contributed by atoms with Gasteiger partial charge in [-0.25, -0.2) is 14.8 Å². The molecule has 4 rings (SSSR count). The summed E-state index contributed by atoms with van der Waals surface area (Å²) in [5.74, 6) is 2.26. The lowest BCUT2D eigenvalue weighted by atomic mass is 10.2. The molecular formula is C24H23ClN6O2. The molecule has 0 saturated carbocycles. The van der Waals surface area contributed by atoms with E-state index in [1.807, 2.05) is 38.3 Å². The van der Waals surface area contributed by atoms with E-state index >= 15 is 0 Å². The Morgan fingerprint density at radius 2 is 1.64 bits per heavy atom. The number of halogens is 1. The van der Waals surface area contributed by atoms with E-state index < -0.39 is 0 Å². The molecular weight excluding hydrogens is 440 g/mol. The SMILES string of the molecule is Cc1nc(Oc2ccc(NC(=O)Nc3ccc(C)c(Cl)c3)cc2)cc(-n2cnc(C)c2C)n1. The average Bonchev–Trinajstić information content (AvgIpc) is 3.10. The number of benzene rings is 2. The Balaban J connectivity index is 1.43. The summed E-state index contributed by atoms with van der Waals surface area (Å²) in [6.07, 6.45) is 1.73. The van der Waals surface area contributed by atoms with Gasteiger partial charge in [0.25, 0.3) is 0 Å². The molecule has 0 aliphatic rings. The quantitative estimate of drug-likeness (QED) is 0.380. The molecule has 0 fully saturated rings. The Morgan fingerprint density at radius 3 is 2.30 bits per heavy atom. The van der Waals surface area contributed by atoms with Gasteiger partial charge in [-0.3, -0.25) is 4.57 Å². The van der Waals surface area contributed by atoms with Crippen LogP contribution in [0.4, 0.5) is 16.2 Å². The first kappa shape index (κ1) is 22.3. The van der Waals surface area contributed by atoms with Gasteiger partial charge >= 0.3 is 6.03 Å². The van der Waals surface area contributed by atoms with E-state index in [2.05, 4.69) is 25.6 Å². The second-order valence-electron chi connectivity index (χ2n) is 7.57. The monoisotopic (exact) mass is 462 g/mol. The fourth-order valence-electron chi connectivity index (χ4n) is 3.12. The lowest BCUT2D eigenvalue weighted by molar-refractivity contribution is 0.262. The number of urea groups is 1. The van der Waals surface area contributed by atoms with Gasteiger partial charge in [-0.2, -0.15) is 4.98 Å². The van der Waals surface area contributed by atoms with Crippen molar-refractivity contribution >= 4 is 29.0 Å². The minimum Gasteiger partial charge on any atom is -0.439 e. The van der Waals surface area contributed by atoms with Gasteiger partial charge in [0.2, 0.25) is 5.88 Å². The predicted octanol–water partition coefficient (Wildman–Crippen LogP) is 5.99. The summed E-state index contributed by atoms with van der Waals surface area (Å²) in [4.78, 5) is 25.4. The maximum absolute atomic E-state index is 12.3. The Labute approximate surface area is 196 Å². The maximum Gasteiger partial charge on any atom is 0.323 e. The van der Waals surface area contributed by atoms with E-state index in [0.29, 0.717) is 39.7 Å². The third-order valence-corrected chi connectivity index (χ3v) is 5.47. The van der Waals surface area contributed by atoms with Gasteiger partial charge in [0, 0.05) is 28.2 Å². The van der Waals surface area contributed by atoms with Crippen molar-refractivity contribution in [3.05, 3.63) is 82.7 Å². The number of carbonyl (C=O) groups is 1. The van der Waals surface area contributed by atoms with Crippen molar-refractivity contribution in [2.75, 3.05) is 10.6 Å². The number of imidazole rings is 1. The van der Waals surface area contributed by atoms with Crippen LogP contribution >= 0.6 is 11.6 Å². The molecule has 2 heterocycles. The molecule has 9 heteroatoms. The molecule has 8 nitrogen and oxygen atoms in total. The number of aryl methyl sites for hydroxylation is 3. The second kappa shape index (κ2) is 9.30. The van der Waals surface area contributed by atoms with Crippen LogP contribution < -0.4 is 15.4 Å². The minimum atomic E-state index is -0.370. The minimum absolute atomic E-state index is 0.370. The zero-order chi connectivity index (χ0) is 23.5. The van der Waals surface area contributed by atoms with Crippen LogP contribution in [-0.2, 0) is 0 Å². The molecule has 4 aromatic rings. The second-order valence-corrected chi connectivity index (χ2v) is 7.97. The zero-order valence-corrected chi connectivity index (χ0v) is 19.4. The molecule has 0 bridgehead atoms. The first-order valence-corrected chi connectivity index (χ1v) is 10.6. The molecule has 0 saturated heterocycles. The molecule has 0 radical (unpaired) electrons. The fourth-order valence-corrected chi connectivity index (χ4v) is 3.30. The fraction of sp³-hybridized carbons (Fsp3) is 0.167. The smallest absolute Gasteiger partial charge is 0.323 e. The summed E-state index contributed by atoms with van der Waals surface area (Å²) in [5.41, 5.74) is 4.11. The molecule has 168 valence electrons. The van der Waals surface area contributed by atoms with Gasteiger partial charge < -0.3 is 15.4 Å². The molecule has 0 aliphatic carbocycles. The van der Waals surface area contributed by atoms with E-state index in [1.165, 1.54) is 0 Å². The molecule has 2 aromatic carbocycles. The van der Waals surface area contributed by atoms with Crippen molar-refractivity contribution in [1.82, 2.24) is 19.5 Å². The highest BCUT2D eigenvalue weighted by Gasteiger charge is 2.10. The van der Waals surface area contributed by atoms with Gasteiger partial charge in [0.05, 0.1) is 5.69 Å². The molecule has 0 aliphatic heterocycles. The number of amides is 2. The normalized spacial score (nSPS) is 10.7. The lowest BCUT2D eigenvalue weighted by Gasteiger charge is -2.11. The number of nitrogens with zero attached hydrogens (tertiary/aromatic N) is 4. The van der Waals surface area contributed by atoms with Gasteiger partial charge in [-0.15, -0.1) is 0 Å². The lowest BCUT2D eigenvalue weighted by Crippen LogP contribution is -2.19. The Kier molecular flexibility index (Phi) is 6.28. The molecule has 33 heavy (non-hydrogen) atoms. The summed E-state index contributed by atoms with van der Waals surface area (Å²) in [7, 11) is 0. The Hall–Kier alpha value is -3.91. The van der Waals surface area contributed by atoms with Crippen LogP contribution in [0.5, 0.6) is 11.6 Å². The summed E-state index contributed by atoms with van der Waals surface area (Å²) >= 11 is 6.11. The standard InChI is InChI=1S/C24H23ClN6O2/c1-14-5-6-19(11-21(14)25)30-24(32)29-18-7-9-20(10-8-18)33-23-12-22(27-17(4)28-23)31-13-26-15(2)16(31)3/h5-13H,1-4H3,(H2,29,30,32). The molecule has 0 atom stereocenters. The largest absolute Gasteiger partial charge is 0.439 e. The van der Waals surface area contributed by atoms with Crippen LogP contribution in [0.15, 0.2) is 54.9 Å². The molecule has 0 unspecified atom stereocenters. The molecule has 2 amide bonds. The van der Waals surface area contributed by atoms with Crippen LogP contribution in [0.2, 0.25) is 5.02 Å². The number of rotatable bonds is 5. The van der Waals surface area contributed by atoms with Crippen LogP contribution in [0.3, 0.4) is 0 Å². The van der Waals surface area contributed by atoms with Crippen molar-refractivity contribution in [1.29, 1.82) is 0 Å².